The van der Waals surface area contributed by atoms with Gasteiger partial charge in [0.25, 0.3) is 5.91 Å². The molecule has 6 heteroatoms. The molecule has 1 aliphatic rings. The highest BCUT2D eigenvalue weighted by molar-refractivity contribution is 9.10. The second kappa shape index (κ2) is 6.88. The number of carbonyl (C=O) groups excluding carboxylic acids is 1. The number of aromatic amines is 1. The molecule has 0 fully saturated rings. The molecule has 0 atom stereocenters. The number of H-pyrrole nitrogens is 1. The average molecular weight is 409 g/mol. The molecule has 1 amide bonds. The predicted octanol–water partition coefficient (Wildman–Crippen LogP) is 4.09. The summed E-state index contributed by atoms with van der Waals surface area (Å²) in [6, 6.07) is 16.0. The van der Waals surface area contributed by atoms with Gasteiger partial charge in [-0.25, -0.2) is 5.43 Å². The number of carbonyl (C=O) groups is 1. The Morgan fingerprint density at radius 1 is 1.15 bits per heavy atom. The number of hydrazone groups is 1. The van der Waals surface area contributed by atoms with E-state index in [4.69, 9.17) is 0 Å². The summed E-state index contributed by atoms with van der Waals surface area (Å²) in [7, 11) is 0. The van der Waals surface area contributed by atoms with Crippen LogP contribution in [0, 0.1) is 0 Å². The third-order valence-corrected chi connectivity index (χ3v) is 5.13. The van der Waals surface area contributed by atoms with Crippen LogP contribution in [0.15, 0.2) is 58.1 Å². The van der Waals surface area contributed by atoms with Gasteiger partial charge in [0, 0.05) is 15.6 Å². The fourth-order valence-corrected chi connectivity index (χ4v) is 3.46. The van der Waals surface area contributed by atoms with E-state index in [9.17, 15) is 4.79 Å². The normalized spacial score (nSPS) is 13.1. The van der Waals surface area contributed by atoms with Crippen molar-refractivity contribution >= 4 is 27.5 Å². The maximum Gasteiger partial charge on any atom is 0.289 e. The van der Waals surface area contributed by atoms with Gasteiger partial charge in [-0.1, -0.05) is 52.3 Å². The van der Waals surface area contributed by atoms with Crippen LogP contribution < -0.4 is 5.43 Å². The Kier molecular flexibility index (Phi) is 4.42. The van der Waals surface area contributed by atoms with Gasteiger partial charge in [0.05, 0.1) is 11.4 Å². The zero-order chi connectivity index (χ0) is 18.1. The van der Waals surface area contributed by atoms with Crippen molar-refractivity contribution in [2.45, 2.75) is 19.8 Å². The molecule has 5 nitrogen and oxygen atoms in total. The first-order chi connectivity index (χ1) is 12.6. The molecule has 4 rings (SSSR count). The number of hydrogen-bond donors (Lipinski definition) is 2. The first kappa shape index (κ1) is 16.7. The molecule has 0 spiro atoms. The third-order valence-electron chi connectivity index (χ3n) is 4.60. The Labute approximate surface area is 159 Å². The van der Waals surface area contributed by atoms with Crippen LogP contribution in [0.3, 0.4) is 0 Å². The van der Waals surface area contributed by atoms with Crippen LogP contribution >= 0.6 is 15.9 Å². The molecule has 26 heavy (non-hydrogen) atoms. The summed E-state index contributed by atoms with van der Waals surface area (Å²) in [4.78, 5) is 12.6. The van der Waals surface area contributed by atoms with Gasteiger partial charge in [-0.2, -0.15) is 10.2 Å². The molecule has 0 saturated carbocycles. The fraction of sp³-hybridized carbons (Fsp3) is 0.150. The summed E-state index contributed by atoms with van der Waals surface area (Å²) in [6.07, 6.45) is 1.70. The van der Waals surface area contributed by atoms with Crippen molar-refractivity contribution in [3.05, 3.63) is 75.4 Å². The van der Waals surface area contributed by atoms with Crippen molar-refractivity contribution in [2.24, 2.45) is 5.10 Å². The number of halogens is 1. The second-order valence-electron chi connectivity index (χ2n) is 6.23. The minimum Gasteiger partial charge on any atom is -0.272 e. The standard InChI is InChI=1S/C20H17BrN4O/c1-12(13-6-9-15(21)10-7-13)22-25-20(26)19-17-11-8-14-4-2-3-5-16(14)18(17)23-24-19/h2-7,9-10H,8,11H2,1H3,(H,23,24)(H,25,26). The molecular formula is C20H17BrN4O. The summed E-state index contributed by atoms with van der Waals surface area (Å²) in [6.45, 7) is 1.86. The number of hydrogen-bond acceptors (Lipinski definition) is 3. The highest BCUT2D eigenvalue weighted by Crippen LogP contribution is 2.33. The molecule has 1 aliphatic carbocycles. The zero-order valence-electron chi connectivity index (χ0n) is 14.2. The average Bonchev–Trinajstić information content (AvgIpc) is 3.11. The lowest BCUT2D eigenvalue weighted by atomic mass is 9.89. The van der Waals surface area contributed by atoms with Gasteiger partial charge >= 0.3 is 0 Å². The molecular weight excluding hydrogens is 392 g/mol. The minimum absolute atomic E-state index is 0.269. The van der Waals surface area contributed by atoms with Crippen molar-refractivity contribution in [2.75, 3.05) is 0 Å². The molecule has 0 saturated heterocycles. The Bertz CT molecular complexity index is 1000. The number of nitrogens with one attached hydrogen (secondary N) is 2. The number of fused-ring (bicyclic) bond motifs is 3. The van der Waals surface area contributed by atoms with E-state index in [0.717, 1.165) is 45.4 Å². The van der Waals surface area contributed by atoms with Crippen molar-refractivity contribution in [3.8, 4) is 11.3 Å². The smallest absolute Gasteiger partial charge is 0.272 e. The van der Waals surface area contributed by atoms with Crippen LogP contribution in [0.25, 0.3) is 11.3 Å². The summed E-state index contributed by atoms with van der Waals surface area (Å²) in [5.41, 5.74) is 9.00. The number of aromatic nitrogens is 2. The lowest BCUT2D eigenvalue weighted by molar-refractivity contribution is 0.0949. The molecule has 0 bridgehead atoms. The Morgan fingerprint density at radius 2 is 1.92 bits per heavy atom. The van der Waals surface area contributed by atoms with Crippen LogP contribution in [-0.4, -0.2) is 21.8 Å². The molecule has 1 heterocycles. The van der Waals surface area contributed by atoms with Gasteiger partial charge < -0.3 is 0 Å². The summed E-state index contributed by atoms with van der Waals surface area (Å²) in [5, 5.41) is 11.5. The molecule has 130 valence electrons. The summed E-state index contributed by atoms with van der Waals surface area (Å²) in [5.74, 6) is -0.269. The number of nitrogens with zero attached hydrogens (tertiary/aromatic N) is 2. The van der Waals surface area contributed by atoms with E-state index >= 15 is 0 Å². The van der Waals surface area contributed by atoms with Crippen LogP contribution in [0.2, 0.25) is 0 Å². The van der Waals surface area contributed by atoms with Crippen molar-refractivity contribution in [1.29, 1.82) is 0 Å². The van der Waals surface area contributed by atoms with Crippen molar-refractivity contribution in [3.63, 3.8) is 0 Å². The van der Waals surface area contributed by atoms with Gasteiger partial charge in [-0.3, -0.25) is 9.89 Å². The molecule has 3 aromatic rings. The lowest BCUT2D eigenvalue weighted by Gasteiger charge is -2.15. The van der Waals surface area contributed by atoms with E-state index in [2.05, 4.69) is 42.7 Å². The lowest BCUT2D eigenvalue weighted by Crippen LogP contribution is -2.21. The highest BCUT2D eigenvalue weighted by atomic mass is 79.9. The van der Waals surface area contributed by atoms with Gasteiger partial charge in [-0.15, -0.1) is 0 Å². The molecule has 1 aromatic heterocycles. The Hall–Kier alpha value is -2.73. The van der Waals surface area contributed by atoms with Crippen molar-refractivity contribution in [1.82, 2.24) is 15.6 Å². The number of amides is 1. The molecule has 2 aromatic carbocycles. The van der Waals surface area contributed by atoms with E-state index in [0.29, 0.717) is 5.69 Å². The van der Waals surface area contributed by atoms with Crippen molar-refractivity contribution < 1.29 is 4.79 Å². The molecule has 0 aliphatic heterocycles. The van der Waals surface area contributed by atoms with Gasteiger partial charge in [-0.05, 0) is 43.0 Å². The van der Waals surface area contributed by atoms with Gasteiger partial charge in [0.15, 0.2) is 0 Å². The Morgan fingerprint density at radius 3 is 2.73 bits per heavy atom. The SMILES string of the molecule is CC(=NNC(=O)c1[nH]nc2c1CCc1ccccc1-2)c1ccc(Br)cc1. The zero-order valence-corrected chi connectivity index (χ0v) is 15.8. The van der Waals surface area contributed by atoms with E-state index in [1.165, 1.54) is 5.56 Å². The minimum atomic E-state index is -0.269. The maximum atomic E-state index is 12.6. The third kappa shape index (κ3) is 3.08. The van der Waals surface area contributed by atoms with Crippen LogP contribution in [0.1, 0.15) is 34.1 Å². The first-order valence-corrected chi connectivity index (χ1v) is 9.19. The second-order valence-corrected chi connectivity index (χ2v) is 7.14. The van der Waals surface area contributed by atoms with E-state index in [1.54, 1.807) is 0 Å². The summed E-state index contributed by atoms with van der Waals surface area (Å²) >= 11 is 3.41. The Balaban J connectivity index is 1.56. The fourth-order valence-electron chi connectivity index (χ4n) is 3.19. The quantitative estimate of drug-likeness (QED) is 0.505. The molecule has 0 radical (unpaired) electrons. The van der Waals surface area contributed by atoms with Gasteiger partial charge in [0.2, 0.25) is 0 Å². The van der Waals surface area contributed by atoms with Crippen LogP contribution in [0.5, 0.6) is 0 Å². The van der Waals surface area contributed by atoms with Crippen LogP contribution in [-0.2, 0) is 12.8 Å². The number of aryl methyl sites for hydroxylation is 1. The van der Waals surface area contributed by atoms with E-state index in [-0.39, 0.29) is 5.91 Å². The first-order valence-electron chi connectivity index (χ1n) is 8.39. The molecule has 0 unspecified atom stereocenters. The molecule has 2 N–H and O–H groups in total. The van der Waals surface area contributed by atoms with Gasteiger partial charge in [0.1, 0.15) is 5.69 Å². The maximum absolute atomic E-state index is 12.6. The van der Waals surface area contributed by atoms with E-state index in [1.807, 2.05) is 49.4 Å². The highest BCUT2D eigenvalue weighted by Gasteiger charge is 2.24. The monoisotopic (exact) mass is 408 g/mol. The topological polar surface area (TPSA) is 70.1 Å². The summed E-state index contributed by atoms with van der Waals surface area (Å²) < 4.78 is 1.00. The predicted molar refractivity (Wildman–Crippen MR) is 105 cm³/mol. The number of benzene rings is 2. The number of rotatable bonds is 3. The van der Waals surface area contributed by atoms with Crippen LogP contribution in [0.4, 0.5) is 0 Å². The van der Waals surface area contributed by atoms with E-state index < -0.39 is 0 Å². The largest absolute Gasteiger partial charge is 0.289 e.